The van der Waals surface area contributed by atoms with E-state index in [-0.39, 0.29) is 18.1 Å². The van der Waals surface area contributed by atoms with E-state index in [1.165, 1.54) is 6.21 Å². The lowest BCUT2D eigenvalue weighted by atomic mass is 10.1. The Bertz CT molecular complexity index is 376. The van der Waals surface area contributed by atoms with Crippen molar-refractivity contribution in [3.8, 4) is 0 Å². The highest BCUT2D eigenvalue weighted by molar-refractivity contribution is 6.15. The van der Waals surface area contributed by atoms with Crippen molar-refractivity contribution < 1.29 is 9.59 Å². The number of hydrogen-bond donors (Lipinski definition) is 1. The second-order valence-electron chi connectivity index (χ2n) is 2.51. The fourth-order valence-corrected chi connectivity index (χ4v) is 1.16. The van der Waals surface area contributed by atoms with Gasteiger partial charge >= 0.3 is 0 Å². The van der Waals surface area contributed by atoms with Gasteiger partial charge in [0.05, 0.1) is 0 Å². The Labute approximate surface area is 68.3 Å². The average molecular weight is 162 g/mol. The number of amides is 1. The van der Waals surface area contributed by atoms with Crippen LogP contribution in [-0.4, -0.2) is 22.9 Å². The third kappa shape index (κ3) is 0.887. The topological polar surface area (TPSA) is 62.3 Å². The Morgan fingerprint density at radius 2 is 2.25 bits per heavy atom. The molecule has 0 saturated heterocycles. The van der Waals surface area contributed by atoms with Gasteiger partial charge in [-0.25, -0.2) is 4.99 Å². The Kier molecular flexibility index (Phi) is 1.40. The summed E-state index contributed by atoms with van der Waals surface area (Å²) in [6.07, 6.45) is 3.12. The minimum absolute atomic E-state index is 0.0687. The van der Waals surface area contributed by atoms with Crippen LogP contribution >= 0.6 is 0 Å². The lowest BCUT2D eigenvalue weighted by Crippen LogP contribution is -2.01. The molecule has 0 unspecified atom stereocenters. The number of aromatic amines is 1. The van der Waals surface area contributed by atoms with Gasteiger partial charge in [0.15, 0.2) is 5.78 Å². The Hall–Kier alpha value is -1.71. The van der Waals surface area contributed by atoms with Crippen molar-refractivity contribution in [3.63, 3.8) is 0 Å². The van der Waals surface area contributed by atoms with E-state index in [1.54, 1.807) is 12.3 Å². The van der Waals surface area contributed by atoms with Crippen LogP contribution in [0.5, 0.6) is 0 Å². The predicted octanol–water partition coefficient (Wildman–Crippen LogP) is 0.812. The molecule has 0 fully saturated rings. The van der Waals surface area contributed by atoms with Crippen LogP contribution in [0.2, 0.25) is 0 Å². The molecule has 4 heteroatoms. The van der Waals surface area contributed by atoms with Gasteiger partial charge in [-0.15, -0.1) is 0 Å². The quantitative estimate of drug-likeness (QED) is 0.613. The zero-order valence-electron chi connectivity index (χ0n) is 6.20. The van der Waals surface area contributed by atoms with E-state index in [0.29, 0.717) is 11.3 Å². The fourth-order valence-electron chi connectivity index (χ4n) is 1.16. The van der Waals surface area contributed by atoms with Crippen molar-refractivity contribution in [2.75, 3.05) is 0 Å². The molecule has 1 N–H and O–H groups in total. The lowest BCUT2D eigenvalue weighted by Gasteiger charge is -1.91. The summed E-state index contributed by atoms with van der Waals surface area (Å²) in [6, 6.07) is 1.60. The maximum atomic E-state index is 11.2. The molecular weight excluding hydrogens is 156 g/mol. The molecule has 1 amide bonds. The fraction of sp³-hybridized carbons (Fsp3) is 0.125. The molecule has 0 atom stereocenters. The van der Waals surface area contributed by atoms with Crippen molar-refractivity contribution in [1.29, 1.82) is 0 Å². The lowest BCUT2D eigenvalue weighted by molar-refractivity contribution is 0.0976. The molecule has 4 nitrogen and oxygen atoms in total. The predicted molar refractivity (Wildman–Crippen MR) is 42.6 cm³/mol. The molecule has 1 aromatic heterocycles. The molecule has 0 radical (unpaired) electrons. The first-order valence-corrected chi connectivity index (χ1v) is 3.56. The third-order valence-electron chi connectivity index (χ3n) is 1.75. The number of nitrogens with zero attached hydrogens (tertiary/aromatic N) is 1. The summed E-state index contributed by atoms with van der Waals surface area (Å²) in [7, 11) is 0. The maximum absolute atomic E-state index is 11.2. The molecule has 1 aliphatic heterocycles. The highest BCUT2D eigenvalue weighted by Crippen LogP contribution is 2.12. The van der Waals surface area contributed by atoms with Crippen molar-refractivity contribution in [2.24, 2.45) is 4.99 Å². The van der Waals surface area contributed by atoms with Crippen LogP contribution in [0.25, 0.3) is 0 Å². The number of aliphatic imine (C=N–C) groups is 1. The van der Waals surface area contributed by atoms with Gasteiger partial charge in [0.1, 0.15) is 5.69 Å². The SMILES string of the molecule is O=C1CC=NC(=O)c2[nH]ccc21. The van der Waals surface area contributed by atoms with Gasteiger partial charge in [0.25, 0.3) is 5.91 Å². The molecule has 2 rings (SSSR count). The standard InChI is InChI=1S/C8H6N2O2/c11-6-2-4-10-8(12)7-5(6)1-3-9-7/h1,3-4,9H,2H2. The van der Waals surface area contributed by atoms with Crippen molar-refractivity contribution in [1.82, 2.24) is 4.98 Å². The maximum Gasteiger partial charge on any atom is 0.293 e. The van der Waals surface area contributed by atoms with Crippen molar-refractivity contribution >= 4 is 17.9 Å². The number of rotatable bonds is 0. The number of ketones is 1. The smallest absolute Gasteiger partial charge is 0.293 e. The van der Waals surface area contributed by atoms with E-state index in [9.17, 15) is 9.59 Å². The molecule has 1 aromatic rings. The third-order valence-corrected chi connectivity index (χ3v) is 1.75. The van der Waals surface area contributed by atoms with Crippen molar-refractivity contribution in [3.05, 3.63) is 23.5 Å². The first kappa shape index (κ1) is 6.97. The minimum Gasteiger partial charge on any atom is -0.357 e. The molecular formula is C8H6N2O2. The molecule has 0 aliphatic carbocycles. The highest BCUT2D eigenvalue weighted by atomic mass is 16.2. The van der Waals surface area contributed by atoms with E-state index in [1.807, 2.05) is 0 Å². The number of aromatic nitrogens is 1. The molecule has 60 valence electrons. The molecule has 12 heavy (non-hydrogen) atoms. The largest absolute Gasteiger partial charge is 0.357 e. The molecule has 0 bridgehead atoms. The number of fused-ring (bicyclic) bond motifs is 1. The molecule has 2 heterocycles. The van der Waals surface area contributed by atoms with Gasteiger partial charge in [-0.2, -0.15) is 0 Å². The normalized spacial score (nSPS) is 16.0. The summed E-state index contributed by atoms with van der Waals surface area (Å²) in [5, 5.41) is 0. The summed E-state index contributed by atoms with van der Waals surface area (Å²) in [4.78, 5) is 28.6. The van der Waals surface area contributed by atoms with Crippen molar-refractivity contribution in [2.45, 2.75) is 6.42 Å². The van der Waals surface area contributed by atoms with E-state index < -0.39 is 0 Å². The van der Waals surface area contributed by atoms with Crippen LogP contribution in [0.1, 0.15) is 27.3 Å². The van der Waals surface area contributed by atoms with E-state index in [0.717, 1.165) is 0 Å². The number of nitrogens with one attached hydrogen (secondary N) is 1. The summed E-state index contributed by atoms with van der Waals surface area (Å²) in [5.41, 5.74) is 0.742. The number of Topliss-reactive ketones (excluding diaryl/α,β-unsaturated/α-hetero) is 1. The summed E-state index contributed by atoms with van der Waals surface area (Å²) in [6.45, 7) is 0. The number of carbonyl (C=O) groups excluding carboxylic acids is 2. The number of carbonyl (C=O) groups is 2. The van der Waals surface area contributed by atoms with Gasteiger partial charge in [0, 0.05) is 24.4 Å². The summed E-state index contributed by atoms with van der Waals surface area (Å²) < 4.78 is 0. The minimum atomic E-state index is -0.374. The molecule has 0 saturated carbocycles. The zero-order valence-corrected chi connectivity index (χ0v) is 6.20. The first-order valence-electron chi connectivity index (χ1n) is 3.56. The van der Waals surface area contributed by atoms with Gasteiger partial charge < -0.3 is 4.98 Å². The van der Waals surface area contributed by atoms with Gasteiger partial charge in [-0.1, -0.05) is 0 Å². The van der Waals surface area contributed by atoms with Crippen LogP contribution in [-0.2, 0) is 0 Å². The molecule has 0 aromatic carbocycles. The van der Waals surface area contributed by atoms with Gasteiger partial charge in [0.2, 0.25) is 0 Å². The second-order valence-corrected chi connectivity index (χ2v) is 2.51. The highest BCUT2D eigenvalue weighted by Gasteiger charge is 2.19. The Balaban J connectivity index is 2.61. The van der Waals surface area contributed by atoms with Crippen LogP contribution in [0, 0.1) is 0 Å². The van der Waals surface area contributed by atoms with Crippen LogP contribution in [0.4, 0.5) is 0 Å². The van der Waals surface area contributed by atoms with Gasteiger partial charge in [-0.3, -0.25) is 9.59 Å². The Morgan fingerprint density at radius 1 is 1.42 bits per heavy atom. The van der Waals surface area contributed by atoms with Crippen LogP contribution in [0.3, 0.4) is 0 Å². The first-order chi connectivity index (χ1) is 5.79. The molecule has 0 spiro atoms. The Morgan fingerprint density at radius 3 is 3.08 bits per heavy atom. The molecule has 1 aliphatic rings. The van der Waals surface area contributed by atoms with E-state index in [4.69, 9.17) is 0 Å². The number of H-pyrrole nitrogens is 1. The van der Waals surface area contributed by atoms with E-state index >= 15 is 0 Å². The number of hydrogen-bond acceptors (Lipinski definition) is 2. The van der Waals surface area contributed by atoms with E-state index in [2.05, 4.69) is 9.98 Å². The zero-order chi connectivity index (χ0) is 8.55. The summed E-state index contributed by atoms with van der Waals surface area (Å²) in [5.74, 6) is -0.443. The second kappa shape index (κ2) is 2.41. The van der Waals surface area contributed by atoms with Gasteiger partial charge in [-0.05, 0) is 6.07 Å². The summed E-state index contributed by atoms with van der Waals surface area (Å²) >= 11 is 0. The monoisotopic (exact) mass is 162 g/mol. The van der Waals surface area contributed by atoms with Crippen LogP contribution in [0.15, 0.2) is 17.3 Å². The average Bonchev–Trinajstić information content (AvgIpc) is 2.47. The van der Waals surface area contributed by atoms with Crippen LogP contribution < -0.4 is 0 Å².